The van der Waals surface area contributed by atoms with Crippen molar-refractivity contribution in [3.63, 3.8) is 0 Å². The van der Waals surface area contributed by atoms with Gasteiger partial charge < -0.3 is 0 Å². The third-order valence-corrected chi connectivity index (χ3v) is 5.09. The quantitative estimate of drug-likeness (QED) is 0.849. The zero-order valence-electron chi connectivity index (χ0n) is 11.5. The average Bonchev–Trinajstić information content (AvgIpc) is 2.36. The number of sulfonamides is 1. The normalized spacial score (nSPS) is 11.4. The van der Waals surface area contributed by atoms with E-state index in [0.29, 0.717) is 10.2 Å². The molecule has 1 heterocycles. The van der Waals surface area contributed by atoms with Crippen LogP contribution in [0.5, 0.6) is 0 Å². The van der Waals surface area contributed by atoms with Gasteiger partial charge in [0, 0.05) is 23.9 Å². The van der Waals surface area contributed by atoms with Gasteiger partial charge >= 0.3 is 0 Å². The highest BCUT2D eigenvalue weighted by Crippen LogP contribution is 2.25. The molecule has 0 amide bonds. The van der Waals surface area contributed by atoms with Gasteiger partial charge in [0.05, 0.1) is 5.69 Å². The second-order valence-electron chi connectivity index (χ2n) is 4.66. The summed E-state index contributed by atoms with van der Waals surface area (Å²) < 4.78 is 27.1. The molecule has 6 heteroatoms. The van der Waals surface area contributed by atoms with Crippen molar-refractivity contribution in [2.45, 2.75) is 18.7 Å². The lowest BCUT2D eigenvalue weighted by Gasteiger charge is -2.20. The summed E-state index contributed by atoms with van der Waals surface area (Å²) in [5, 5.41) is 0. The van der Waals surface area contributed by atoms with Gasteiger partial charge in [0.1, 0.15) is 4.90 Å². The Labute approximate surface area is 127 Å². The van der Waals surface area contributed by atoms with Crippen LogP contribution in [0.3, 0.4) is 0 Å². The summed E-state index contributed by atoms with van der Waals surface area (Å²) >= 11 is 3.24. The van der Waals surface area contributed by atoms with Crippen molar-refractivity contribution >= 4 is 31.6 Å². The van der Waals surface area contributed by atoms with Gasteiger partial charge in [-0.3, -0.25) is 9.29 Å². The molecule has 0 aliphatic rings. The molecule has 0 aliphatic carbocycles. The molecular weight excluding hydrogens is 340 g/mol. The van der Waals surface area contributed by atoms with Crippen molar-refractivity contribution in [3.8, 4) is 0 Å². The van der Waals surface area contributed by atoms with Gasteiger partial charge in [-0.2, -0.15) is 0 Å². The number of benzene rings is 1. The van der Waals surface area contributed by atoms with E-state index in [1.807, 2.05) is 32.0 Å². The van der Waals surface area contributed by atoms with Crippen LogP contribution in [0.25, 0.3) is 0 Å². The number of rotatable bonds is 3. The molecular formula is C14H15BrN2O2S. The molecule has 0 radical (unpaired) electrons. The first-order valence-electron chi connectivity index (χ1n) is 5.98. The van der Waals surface area contributed by atoms with E-state index in [0.717, 1.165) is 11.1 Å². The van der Waals surface area contributed by atoms with E-state index >= 15 is 0 Å². The Bertz CT molecular complexity index is 724. The van der Waals surface area contributed by atoms with Crippen molar-refractivity contribution in [2.75, 3.05) is 11.4 Å². The molecule has 4 nitrogen and oxygen atoms in total. The highest BCUT2D eigenvalue weighted by molar-refractivity contribution is 9.10. The molecule has 0 spiro atoms. The van der Waals surface area contributed by atoms with Crippen LogP contribution in [-0.2, 0) is 10.0 Å². The molecule has 0 unspecified atom stereocenters. The number of halogens is 1. The van der Waals surface area contributed by atoms with Crippen molar-refractivity contribution in [3.05, 3.63) is 52.3 Å². The number of anilines is 1. The molecule has 0 atom stereocenters. The lowest BCUT2D eigenvalue weighted by atomic mass is 10.1. The van der Waals surface area contributed by atoms with Gasteiger partial charge in [-0.25, -0.2) is 8.42 Å². The molecule has 0 saturated heterocycles. The molecule has 1 aromatic carbocycles. The summed E-state index contributed by atoms with van der Waals surface area (Å²) in [5.74, 6) is 0. The van der Waals surface area contributed by atoms with Crippen LogP contribution in [0.15, 0.2) is 46.0 Å². The zero-order valence-corrected chi connectivity index (χ0v) is 13.9. The number of hydrogen-bond donors (Lipinski definition) is 0. The molecule has 0 aliphatic heterocycles. The van der Waals surface area contributed by atoms with Gasteiger partial charge in [0.15, 0.2) is 0 Å². The molecule has 0 saturated carbocycles. The standard InChI is InChI=1S/C14H15BrN2O2S/c1-10-4-11(2)6-13(5-10)17(3)20(18,19)14-7-12(15)8-16-9-14/h4-9H,1-3H3. The summed E-state index contributed by atoms with van der Waals surface area (Å²) in [4.78, 5) is 4.07. The maximum atomic E-state index is 12.6. The van der Waals surface area contributed by atoms with Crippen LogP contribution < -0.4 is 4.31 Å². The second kappa shape index (κ2) is 5.54. The fourth-order valence-electron chi connectivity index (χ4n) is 1.96. The van der Waals surface area contributed by atoms with Crippen LogP contribution in [0.2, 0.25) is 0 Å². The zero-order chi connectivity index (χ0) is 14.9. The van der Waals surface area contributed by atoms with Gasteiger partial charge in [-0.1, -0.05) is 6.07 Å². The maximum absolute atomic E-state index is 12.6. The minimum atomic E-state index is -3.61. The Kier molecular flexibility index (Phi) is 4.15. The minimum Gasteiger partial charge on any atom is -0.269 e. The Hall–Kier alpha value is -1.40. The largest absolute Gasteiger partial charge is 0.269 e. The van der Waals surface area contributed by atoms with E-state index in [9.17, 15) is 8.42 Å². The lowest BCUT2D eigenvalue weighted by Crippen LogP contribution is -2.26. The number of nitrogens with zero attached hydrogens (tertiary/aromatic N) is 2. The molecule has 106 valence electrons. The van der Waals surface area contributed by atoms with Crippen LogP contribution in [-0.4, -0.2) is 20.4 Å². The monoisotopic (exact) mass is 354 g/mol. The van der Waals surface area contributed by atoms with E-state index < -0.39 is 10.0 Å². The van der Waals surface area contributed by atoms with Gasteiger partial charge in [0.2, 0.25) is 0 Å². The van der Waals surface area contributed by atoms with Gasteiger partial charge in [-0.05, 0) is 59.1 Å². The van der Waals surface area contributed by atoms with Crippen LogP contribution in [0, 0.1) is 13.8 Å². The van der Waals surface area contributed by atoms with E-state index in [2.05, 4.69) is 20.9 Å². The fraction of sp³-hybridized carbons (Fsp3) is 0.214. The van der Waals surface area contributed by atoms with Crippen LogP contribution in [0.1, 0.15) is 11.1 Å². The highest BCUT2D eigenvalue weighted by Gasteiger charge is 2.22. The maximum Gasteiger partial charge on any atom is 0.265 e. The molecule has 0 N–H and O–H groups in total. The number of aromatic nitrogens is 1. The van der Waals surface area contributed by atoms with E-state index in [1.165, 1.54) is 10.5 Å². The topological polar surface area (TPSA) is 50.3 Å². The Morgan fingerprint density at radius 2 is 1.65 bits per heavy atom. The third-order valence-electron chi connectivity index (χ3n) is 2.91. The van der Waals surface area contributed by atoms with Crippen molar-refractivity contribution < 1.29 is 8.42 Å². The predicted molar refractivity (Wildman–Crippen MR) is 83.4 cm³/mol. The third kappa shape index (κ3) is 3.02. The summed E-state index contributed by atoms with van der Waals surface area (Å²) in [6.45, 7) is 3.88. The predicted octanol–water partition coefficient (Wildman–Crippen LogP) is 3.29. The Morgan fingerprint density at radius 1 is 1.05 bits per heavy atom. The van der Waals surface area contributed by atoms with Gasteiger partial charge in [0.25, 0.3) is 10.0 Å². The molecule has 20 heavy (non-hydrogen) atoms. The van der Waals surface area contributed by atoms with Crippen LogP contribution >= 0.6 is 15.9 Å². The number of hydrogen-bond acceptors (Lipinski definition) is 3. The number of pyridine rings is 1. The molecule has 2 rings (SSSR count). The van der Waals surface area contributed by atoms with Gasteiger partial charge in [-0.15, -0.1) is 0 Å². The molecule has 0 bridgehead atoms. The summed E-state index contributed by atoms with van der Waals surface area (Å²) in [7, 11) is -2.06. The van der Waals surface area contributed by atoms with E-state index in [1.54, 1.807) is 19.3 Å². The van der Waals surface area contributed by atoms with E-state index in [4.69, 9.17) is 0 Å². The lowest BCUT2D eigenvalue weighted by molar-refractivity contribution is 0.594. The first-order chi connectivity index (χ1) is 9.30. The van der Waals surface area contributed by atoms with E-state index in [-0.39, 0.29) is 4.90 Å². The smallest absolute Gasteiger partial charge is 0.265 e. The van der Waals surface area contributed by atoms with Crippen molar-refractivity contribution in [1.82, 2.24) is 4.98 Å². The molecule has 1 aromatic heterocycles. The number of aryl methyl sites for hydroxylation is 2. The summed E-state index contributed by atoms with van der Waals surface area (Å²) in [6, 6.07) is 7.23. The average molecular weight is 355 g/mol. The minimum absolute atomic E-state index is 0.161. The summed E-state index contributed by atoms with van der Waals surface area (Å²) in [5.41, 5.74) is 2.69. The molecule has 2 aromatic rings. The van der Waals surface area contributed by atoms with Crippen molar-refractivity contribution in [1.29, 1.82) is 0 Å². The summed E-state index contributed by atoms with van der Waals surface area (Å²) in [6.07, 6.45) is 2.90. The Morgan fingerprint density at radius 3 is 2.20 bits per heavy atom. The first-order valence-corrected chi connectivity index (χ1v) is 8.22. The fourth-order valence-corrected chi connectivity index (χ4v) is 3.65. The first kappa shape index (κ1) is 15.0. The highest BCUT2D eigenvalue weighted by atomic mass is 79.9. The van der Waals surface area contributed by atoms with Crippen molar-refractivity contribution in [2.24, 2.45) is 0 Å². The molecule has 0 fully saturated rings. The van der Waals surface area contributed by atoms with Crippen LogP contribution in [0.4, 0.5) is 5.69 Å². The SMILES string of the molecule is Cc1cc(C)cc(N(C)S(=O)(=O)c2cncc(Br)c2)c1. The Balaban J connectivity index is 2.48. The second-order valence-corrected chi connectivity index (χ2v) is 7.54.